The fourth-order valence-corrected chi connectivity index (χ4v) is 4.24. The highest BCUT2D eigenvalue weighted by Gasteiger charge is 2.31. The van der Waals surface area contributed by atoms with Gasteiger partial charge in [0.25, 0.3) is 0 Å². The number of pyridine rings is 1. The monoisotopic (exact) mass is 337 g/mol. The van der Waals surface area contributed by atoms with Crippen LogP contribution in [0.5, 0.6) is 0 Å². The van der Waals surface area contributed by atoms with Crippen LogP contribution in [0.1, 0.15) is 38.4 Å². The largest absolute Gasteiger partial charge is 0.381 e. The van der Waals surface area contributed by atoms with Crippen molar-refractivity contribution in [3.05, 3.63) is 30.2 Å². The molecular weight excluding hydrogens is 314 g/mol. The lowest BCUT2D eigenvalue weighted by molar-refractivity contribution is 0.0839. The average Bonchev–Trinajstić information content (AvgIpc) is 3.20. The van der Waals surface area contributed by atoms with Crippen LogP contribution in [-0.4, -0.2) is 39.0 Å². The average molecular weight is 337 g/mol. The maximum Gasteiger partial charge on any atom is 0.140 e. The van der Waals surface area contributed by atoms with Gasteiger partial charge in [-0.1, -0.05) is 0 Å². The van der Waals surface area contributed by atoms with Gasteiger partial charge in [0.15, 0.2) is 0 Å². The Hall–Kier alpha value is -2.34. The lowest BCUT2D eigenvalue weighted by atomic mass is 10.1. The van der Waals surface area contributed by atoms with Crippen molar-refractivity contribution in [1.29, 1.82) is 0 Å². The van der Waals surface area contributed by atoms with Crippen molar-refractivity contribution < 1.29 is 4.74 Å². The molecule has 6 nitrogen and oxygen atoms in total. The second kappa shape index (κ2) is 5.59. The van der Waals surface area contributed by atoms with Gasteiger partial charge in [0, 0.05) is 48.9 Å². The Morgan fingerprint density at radius 3 is 2.88 bits per heavy atom. The summed E-state index contributed by atoms with van der Waals surface area (Å²) in [6, 6.07) is 5.09. The third-order valence-corrected chi connectivity index (χ3v) is 5.52. The Kier molecular flexibility index (Phi) is 3.35. The Morgan fingerprint density at radius 2 is 2.08 bits per heavy atom. The van der Waals surface area contributed by atoms with Crippen LogP contribution in [0.15, 0.2) is 24.5 Å². The number of hydrogen-bond donors (Lipinski definition) is 1. The molecule has 0 atom stereocenters. The van der Waals surface area contributed by atoms with Crippen molar-refractivity contribution in [3.63, 3.8) is 0 Å². The van der Waals surface area contributed by atoms with Gasteiger partial charge >= 0.3 is 0 Å². The van der Waals surface area contributed by atoms with E-state index in [-0.39, 0.29) is 0 Å². The molecule has 1 saturated heterocycles. The lowest BCUT2D eigenvalue weighted by Gasteiger charge is -2.35. The number of H-pyrrole nitrogens is 1. The molecule has 5 heterocycles. The lowest BCUT2D eigenvalue weighted by Crippen LogP contribution is -2.40. The molecule has 6 heteroatoms. The van der Waals surface area contributed by atoms with E-state index in [1.54, 1.807) is 0 Å². The Balaban J connectivity index is 1.75. The van der Waals surface area contributed by atoms with Gasteiger partial charge in [-0.15, -0.1) is 0 Å². The molecule has 2 aliphatic rings. The van der Waals surface area contributed by atoms with Crippen LogP contribution >= 0.6 is 0 Å². The third kappa shape index (κ3) is 2.20. The number of nitrogens with zero attached hydrogens (tertiary/aromatic N) is 4. The number of aromatic nitrogens is 4. The van der Waals surface area contributed by atoms with Crippen LogP contribution in [0.2, 0.25) is 0 Å². The normalized spacial score (nSPS) is 18.0. The van der Waals surface area contributed by atoms with Gasteiger partial charge in [0.1, 0.15) is 11.5 Å². The van der Waals surface area contributed by atoms with E-state index in [0.29, 0.717) is 12.1 Å². The van der Waals surface area contributed by atoms with E-state index in [4.69, 9.17) is 9.72 Å². The maximum absolute atomic E-state index is 5.60. The zero-order chi connectivity index (χ0) is 17.0. The molecule has 3 aromatic rings. The second-order valence-corrected chi connectivity index (χ2v) is 7.28. The molecule has 0 amide bonds. The zero-order valence-electron chi connectivity index (χ0n) is 14.7. The van der Waals surface area contributed by atoms with E-state index in [2.05, 4.69) is 45.8 Å². The van der Waals surface area contributed by atoms with E-state index in [9.17, 15) is 0 Å². The van der Waals surface area contributed by atoms with E-state index < -0.39 is 0 Å². The molecule has 0 radical (unpaired) electrons. The van der Waals surface area contributed by atoms with Gasteiger partial charge < -0.3 is 14.2 Å². The minimum Gasteiger partial charge on any atom is -0.381 e. The first-order valence-corrected chi connectivity index (χ1v) is 9.11. The maximum atomic E-state index is 5.60. The highest BCUT2D eigenvalue weighted by Crippen LogP contribution is 2.41. The van der Waals surface area contributed by atoms with Crippen molar-refractivity contribution in [1.82, 2.24) is 19.7 Å². The van der Waals surface area contributed by atoms with Crippen LogP contribution in [0.4, 0.5) is 5.82 Å². The van der Waals surface area contributed by atoms with Gasteiger partial charge in [-0.05, 0) is 38.8 Å². The summed E-state index contributed by atoms with van der Waals surface area (Å²) in [5, 5.41) is 9.00. The Labute approximate surface area is 146 Å². The molecular formula is C19H23N5O. The van der Waals surface area contributed by atoms with E-state index >= 15 is 0 Å². The number of rotatable bonds is 2. The molecule has 1 N–H and O–H groups in total. The van der Waals surface area contributed by atoms with Crippen molar-refractivity contribution in [2.45, 2.75) is 45.3 Å². The number of aromatic amines is 1. The first kappa shape index (κ1) is 15.0. The summed E-state index contributed by atoms with van der Waals surface area (Å²) in [5.74, 6) is 1.06. The Bertz CT molecular complexity index is 919. The van der Waals surface area contributed by atoms with Crippen LogP contribution in [0.3, 0.4) is 0 Å². The summed E-state index contributed by atoms with van der Waals surface area (Å²) in [6.45, 7) is 6.99. The van der Waals surface area contributed by atoms with Gasteiger partial charge in [-0.25, -0.2) is 4.98 Å². The van der Waals surface area contributed by atoms with Crippen molar-refractivity contribution in [3.8, 4) is 11.3 Å². The predicted molar refractivity (Wildman–Crippen MR) is 97.7 cm³/mol. The zero-order valence-corrected chi connectivity index (χ0v) is 14.7. The minimum absolute atomic E-state index is 0.420. The van der Waals surface area contributed by atoms with Crippen molar-refractivity contribution in [2.24, 2.45) is 0 Å². The van der Waals surface area contributed by atoms with Crippen molar-refractivity contribution >= 4 is 16.7 Å². The smallest absolute Gasteiger partial charge is 0.140 e. The molecule has 130 valence electrons. The van der Waals surface area contributed by atoms with Gasteiger partial charge in [0.2, 0.25) is 0 Å². The second-order valence-electron chi connectivity index (χ2n) is 7.28. The highest BCUT2D eigenvalue weighted by atomic mass is 16.5. The summed E-state index contributed by atoms with van der Waals surface area (Å²) in [4.78, 5) is 7.26. The van der Waals surface area contributed by atoms with Crippen LogP contribution in [0.25, 0.3) is 22.2 Å². The van der Waals surface area contributed by atoms with Gasteiger partial charge in [0.05, 0.1) is 17.4 Å². The molecule has 0 saturated carbocycles. The molecule has 1 fully saturated rings. The summed E-state index contributed by atoms with van der Waals surface area (Å²) < 4.78 is 7.96. The van der Waals surface area contributed by atoms with Crippen LogP contribution < -0.4 is 4.90 Å². The Morgan fingerprint density at radius 1 is 1.24 bits per heavy atom. The molecule has 2 aliphatic heterocycles. The van der Waals surface area contributed by atoms with Crippen LogP contribution in [-0.2, 0) is 11.3 Å². The van der Waals surface area contributed by atoms with Gasteiger partial charge in [-0.2, -0.15) is 5.10 Å². The van der Waals surface area contributed by atoms with Crippen LogP contribution in [0, 0.1) is 0 Å². The molecule has 5 rings (SSSR count). The summed E-state index contributed by atoms with van der Waals surface area (Å²) in [5.41, 5.74) is 4.64. The van der Waals surface area contributed by atoms with Crippen molar-refractivity contribution in [2.75, 3.05) is 18.1 Å². The van der Waals surface area contributed by atoms with E-state index in [1.165, 1.54) is 11.3 Å². The minimum atomic E-state index is 0.420. The number of hydrogen-bond acceptors (Lipinski definition) is 4. The fraction of sp³-hybridized carbons (Fsp3) is 0.474. The number of fused-ring (bicyclic) bond motifs is 2. The summed E-state index contributed by atoms with van der Waals surface area (Å²) >= 11 is 0. The van der Waals surface area contributed by atoms with E-state index in [1.807, 2.05) is 12.3 Å². The number of anilines is 1. The summed E-state index contributed by atoms with van der Waals surface area (Å²) in [6.07, 6.45) is 6.17. The SMILES string of the molecule is CC(C)n1ccc2c1CN(C1CCOCC1)c1nccc3[nH]nc-2c13. The quantitative estimate of drug-likeness (QED) is 0.777. The molecule has 0 aromatic carbocycles. The van der Waals surface area contributed by atoms with Gasteiger partial charge in [-0.3, -0.25) is 5.10 Å². The molecule has 25 heavy (non-hydrogen) atoms. The molecule has 0 unspecified atom stereocenters. The first-order valence-electron chi connectivity index (χ1n) is 9.11. The number of nitrogens with one attached hydrogen (secondary N) is 1. The topological polar surface area (TPSA) is 59.0 Å². The first-order chi connectivity index (χ1) is 12.2. The highest BCUT2D eigenvalue weighted by molar-refractivity contribution is 6.02. The van der Waals surface area contributed by atoms with E-state index in [0.717, 1.165) is 55.0 Å². The standard InChI is InChI=1S/C19H23N5O/c1-12(2)23-8-4-14-16(23)11-24(13-5-9-25-10-6-13)19-17-15(3-7-20-19)21-22-18(14)17/h3-4,7-8,12-13H,5-6,9-11H2,1-2H3,(H,21,22). The molecule has 0 bridgehead atoms. The molecule has 3 aromatic heterocycles. The summed E-state index contributed by atoms with van der Waals surface area (Å²) in [7, 11) is 0. The number of ether oxygens (including phenoxy) is 1. The third-order valence-electron chi connectivity index (χ3n) is 5.52. The molecule has 0 spiro atoms. The fourth-order valence-electron chi connectivity index (χ4n) is 4.24. The predicted octanol–water partition coefficient (Wildman–Crippen LogP) is 3.51. The molecule has 0 aliphatic carbocycles.